The molecule has 2 rings (SSSR count). The lowest BCUT2D eigenvalue weighted by Gasteiger charge is -2.10. The maximum absolute atomic E-state index is 13.3. The molecule has 0 aliphatic heterocycles. The maximum Gasteiger partial charge on any atom is 0.123 e. The molecule has 0 fully saturated rings. The van der Waals surface area contributed by atoms with Gasteiger partial charge in [0.05, 0.1) is 7.11 Å². The third-order valence-electron chi connectivity index (χ3n) is 2.84. The molecule has 0 saturated heterocycles. The van der Waals surface area contributed by atoms with Crippen LogP contribution in [0.5, 0.6) is 5.75 Å². The molecular formula is C15H16FNO. The average Bonchev–Trinajstić information content (AvgIpc) is 2.40. The van der Waals surface area contributed by atoms with E-state index in [-0.39, 0.29) is 5.82 Å². The number of hydrogen-bond acceptors (Lipinski definition) is 2. The first-order chi connectivity index (χ1) is 8.74. The van der Waals surface area contributed by atoms with Gasteiger partial charge in [-0.2, -0.15) is 0 Å². The van der Waals surface area contributed by atoms with Crippen LogP contribution in [0.1, 0.15) is 5.56 Å². The Bertz CT molecular complexity index is 523. The normalized spacial score (nSPS) is 10.4. The SMILES string of the molecule is CNCc1cc(F)ccc1-c1ccc(OC)cc1. The molecule has 0 amide bonds. The van der Waals surface area contributed by atoms with Gasteiger partial charge in [-0.25, -0.2) is 4.39 Å². The van der Waals surface area contributed by atoms with Crippen LogP contribution in [0.25, 0.3) is 11.1 Å². The summed E-state index contributed by atoms with van der Waals surface area (Å²) in [5.74, 6) is 0.605. The molecule has 2 aromatic carbocycles. The van der Waals surface area contributed by atoms with Crippen molar-refractivity contribution >= 4 is 0 Å². The summed E-state index contributed by atoms with van der Waals surface area (Å²) in [5.41, 5.74) is 3.04. The number of ether oxygens (including phenoxy) is 1. The van der Waals surface area contributed by atoms with Gasteiger partial charge in [0.1, 0.15) is 11.6 Å². The predicted molar refractivity (Wildman–Crippen MR) is 71.2 cm³/mol. The molecule has 2 nitrogen and oxygen atoms in total. The quantitative estimate of drug-likeness (QED) is 0.893. The minimum Gasteiger partial charge on any atom is -0.497 e. The van der Waals surface area contributed by atoms with Crippen LogP contribution in [0.3, 0.4) is 0 Å². The molecule has 0 spiro atoms. The van der Waals surface area contributed by atoms with Crippen LogP contribution in [0.15, 0.2) is 42.5 Å². The summed E-state index contributed by atoms with van der Waals surface area (Å²) in [5, 5.41) is 3.05. The van der Waals surface area contributed by atoms with Crippen LogP contribution in [0.4, 0.5) is 4.39 Å². The zero-order chi connectivity index (χ0) is 13.0. The van der Waals surface area contributed by atoms with E-state index in [2.05, 4.69) is 5.32 Å². The average molecular weight is 245 g/mol. The van der Waals surface area contributed by atoms with Crippen molar-refractivity contribution in [1.82, 2.24) is 5.32 Å². The van der Waals surface area contributed by atoms with Gasteiger partial charge in [0.15, 0.2) is 0 Å². The van der Waals surface area contributed by atoms with E-state index in [1.165, 1.54) is 6.07 Å². The fraction of sp³-hybridized carbons (Fsp3) is 0.200. The molecule has 18 heavy (non-hydrogen) atoms. The van der Waals surface area contributed by atoms with Crippen molar-refractivity contribution in [1.29, 1.82) is 0 Å². The Labute approximate surface area is 106 Å². The molecule has 1 N–H and O–H groups in total. The van der Waals surface area contributed by atoms with Crippen LogP contribution in [0, 0.1) is 5.82 Å². The molecule has 3 heteroatoms. The van der Waals surface area contributed by atoms with Gasteiger partial charge in [0.2, 0.25) is 0 Å². The Morgan fingerprint density at radius 2 is 1.83 bits per heavy atom. The third kappa shape index (κ3) is 2.68. The van der Waals surface area contributed by atoms with E-state index in [0.29, 0.717) is 6.54 Å². The van der Waals surface area contributed by atoms with E-state index in [9.17, 15) is 4.39 Å². The van der Waals surface area contributed by atoms with Crippen molar-refractivity contribution in [3.8, 4) is 16.9 Å². The van der Waals surface area contributed by atoms with E-state index < -0.39 is 0 Å². The number of hydrogen-bond donors (Lipinski definition) is 1. The van der Waals surface area contributed by atoms with Gasteiger partial charge in [0, 0.05) is 6.54 Å². The molecule has 0 aromatic heterocycles. The van der Waals surface area contributed by atoms with Crippen LogP contribution in [-0.2, 0) is 6.54 Å². The molecular weight excluding hydrogens is 229 g/mol. The summed E-state index contributed by atoms with van der Waals surface area (Å²) < 4.78 is 18.4. The lowest BCUT2D eigenvalue weighted by atomic mass is 9.99. The number of methoxy groups -OCH3 is 1. The highest BCUT2D eigenvalue weighted by atomic mass is 19.1. The van der Waals surface area contributed by atoms with Crippen LogP contribution in [0.2, 0.25) is 0 Å². The van der Waals surface area contributed by atoms with Crippen LogP contribution in [-0.4, -0.2) is 14.2 Å². The van der Waals surface area contributed by atoms with Crippen molar-refractivity contribution in [3.63, 3.8) is 0 Å². The van der Waals surface area contributed by atoms with Crippen molar-refractivity contribution in [3.05, 3.63) is 53.8 Å². The maximum atomic E-state index is 13.3. The predicted octanol–water partition coefficient (Wildman–Crippen LogP) is 3.22. The highest BCUT2D eigenvalue weighted by Crippen LogP contribution is 2.26. The number of benzene rings is 2. The fourth-order valence-electron chi connectivity index (χ4n) is 1.95. The van der Waals surface area contributed by atoms with Crippen molar-refractivity contribution in [2.24, 2.45) is 0 Å². The second-order valence-electron chi connectivity index (χ2n) is 4.06. The highest BCUT2D eigenvalue weighted by Gasteiger charge is 2.06. The van der Waals surface area contributed by atoms with E-state index in [1.807, 2.05) is 37.4 Å². The summed E-state index contributed by atoms with van der Waals surface area (Å²) >= 11 is 0. The molecule has 94 valence electrons. The fourth-order valence-corrected chi connectivity index (χ4v) is 1.95. The van der Waals surface area contributed by atoms with Gasteiger partial charge in [0.25, 0.3) is 0 Å². The van der Waals surface area contributed by atoms with Gasteiger partial charge in [-0.3, -0.25) is 0 Å². The summed E-state index contributed by atoms with van der Waals surface area (Å²) in [7, 11) is 3.49. The minimum atomic E-state index is -0.211. The van der Waals surface area contributed by atoms with Crippen molar-refractivity contribution in [2.75, 3.05) is 14.2 Å². The zero-order valence-electron chi connectivity index (χ0n) is 10.5. The van der Waals surface area contributed by atoms with Gasteiger partial charge in [-0.1, -0.05) is 18.2 Å². The molecule has 0 heterocycles. The molecule has 0 aliphatic rings. The molecule has 0 saturated carbocycles. The topological polar surface area (TPSA) is 21.3 Å². The lowest BCUT2D eigenvalue weighted by Crippen LogP contribution is -2.06. The Hall–Kier alpha value is -1.87. The van der Waals surface area contributed by atoms with Crippen LogP contribution < -0.4 is 10.1 Å². The number of rotatable bonds is 4. The van der Waals surface area contributed by atoms with Crippen molar-refractivity contribution in [2.45, 2.75) is 6.54 Å². The largest absolute Gasteiger partial charge is 0.497 e. The second kappa shape index (κ2) is 5.65. The first-order valence-electron chi connectivity index (χ1n) is 5.82. The summed E-state index contributed by atoms with van der Waals surface area (Å²) in [6, 6.07) is 12.6. The Kier molecular flexibility index (Phi) is 3.95. The van der Waals surface area contributed by atoms with Gasteiger partial charge >= 0.3 is 0 Å². The molecule has 0 radical (unpaired) electrons. The lowest BCUT2D eigenvalue weighted by molar-refractivity contribution is 0.415. The highest BCUT2D eigenvalue weighted by molar-refractivity contribution is 5.68. The number of halogens is 1. The van der Waals surface area contributed by atoms with Gasteiger partial charge in [-0.05, 0) is 48.0 Å². The van der Waals surface area contributed by atoms with Gasteiger partial charge in [-0.15, -0.1) is 0 Å². The standard InChI is InChI=1S/C15H16FNO/c1-17-10-12-9-13(16)5-8-15(12)11-3-6-14(18-2)7-4-11/h3-9,17H,10H2,1-2H3. The monoisotopic (exact) mass is 245 g/mol. The molecule has 0 aliphatic carbocycles. The first-order valence-corrected chi connectivity index (χ1v) is 5.82. The third-order valence-corrected chi connectivity index (χ3v) is 2.84. The van der Waals surface area contributed by atoms with Crippen LogP contribution >= 0.6 is 0 Å². The molecule has 0 unspecified atom stereocenters. The zero-order valence-corrected chi connectivity index (χ0v) is 10.5. The number of nitrogens with one attached hydrogen (secondary N) is 1. The van der Waals surface area contributed by atoms with E-state index in [1.54, 1.807) is 13.2 Å². The molecule has 2 aromatic rings. The molecule has 0 atom stereocenters. The van der Waals surface area contributed by atoms with Crippen molar-refractivity contribution < 1.29 is 9.13 Å². The van der Waals surface area contributed by atoms with Gasteiger partial charge < -0.3 is 10.1 Å². The van der Waals surface area contributed by atoms with E-state index in [4.69, 9.17) is 4.74 Å². The summed E-state index contributed by atoms with van der Waals surface area (Å²) in [4.78, 5) is 0. The smallest absolute Gasteiger partial charge is 0.123 e. The summed E-state index contributed by atoms with van der Waals surface area (Å²) in [6.45, 7) is 0.638. The molecule has 0 bridgehead atoms. The first kappa shape index (κ1) is 12.6. The summed E-state index contributed by atoms with van der Waals surface area (Å²) in [6.07, 6.45) is 0. The second-order valence-corrected chi connectivity index (χ2v) is 4.06. The van der Waals surface area contributed by atoms with E-state index >= 15 is 0 Å². The Balaban J connectivity index is 2.41. The Morgan fingerprint density at radius 1 is 1.11 bits per heavy atom. The van der Waals surface area contributed by atoms with E-state index in [0.717, 1.165) is 22.4 Å². The Morgan fingerprint density at radius 3 is 2.44 bits per heavy atom. The minimum absolute atomic E-state index is 0.211.